The number of nitrogens with zero attached hydrogens (tertiary/aromatic N) is 1. The lowest BCUT2D eigenvalue weighted by molar-refractivity contribution is 0.274. The number of para-hydroxylation sites is 1. The van der Waals surface area contributed by atoms with Crippen molar-refractivity contribution in [1.29, 1.82) is 0 Å². The van der Waals surface area contributed by atoms with Crippen LogP contribution in [0, 0.1) is 0 Å². The van der Waals surface area contributed by atoms with E-state index in [1.807, 2.05) is 18.3 Å². The topological polar surface area (TPSA) is 49.9 Å². The van der Waals surface area contributed by atoms with E-state index in [-0.39, 0.29) is 6.04 Å². The van der Waals surface area contributed by atoms with Crippen LogP contribution in [0.25, 0.3) is 11.0 Å². The fourth-order valence-electron chi connectivity index (χ4n) is 3.47. The SMILES string of the molecule is c1ccc2c(c1)OCCC2Nc1ccnc2[nH]c(C3CC3)cc12. The van der Waals surface area contributed by atoms with Crippen LogP contribution in [0.15, 0.2) is 42.6 Å². The lowest BCUT2D eigenvalue weighted by atomic mass is 10.00. The zero-order valence-electron chi connectivity index (χ0n) is 12.9. The quantitative estimate of drug-likeness (QED) is 0.755. The third-order valence-electron chi connectivity index (χ3n) is 4.86. The van der Waals surface area contributed by atoms with Crippen LogP contribution in [0.3, 0.4) is 0 Å². The molecule has 1 aromatic carbocycles. The molecule has 4 nitrogen and oxygen atoms in total. The maximum absolute atomic E-state index is 5.76. The predicted molar refractivity (Wildman–Crippen MR) is 91.0 cm³/mol. The summed E-state index contributed by atoms with van der Waals surface area (Å²) in [6.45, 7) is 0.753. The van der Waals surface area contributed by atoms with Crippen LogP contribution in [0.5, 0.6) is 5.75 Å². The van der Waals surface area contributed by atoms with E-state index >= 15 is 0 Å². The van der Waals surface area contributed by atoms with Gasteiger partial charge in [-0.2, -0.15) is 0 Å². The molecular weight excluding hydrogens is 286 g/mol. The van der Waals surface area contributed by atoms with E-state index in [2.05, 4.69) is 39.6 Å². The van der Waals surface area contributed by atoms with Crippen molar-refractivity contribution in [2.24, 2.45) is 0 Å². The first-order valence-electron chi connectivity index (χ1n) is 8.34. The fourth-order valence-corrected chi connectivity index (χ4v) is 3.47. The smallest absolute Gasteiger partial charge is 0.139 e. The average Bonchev–Trinajstić information content (AvgIpc) is 3.34. The van der Waals surface area contributed by atoms with Gasteiger partial charge in [0.2, 0.25) is 0 Å². The van der Waals surface area contributed by atoms with E-state index in [9.17, 15) is 0 Å². The number of nitrogens with one attached hydrogen (secondary N) is 2. The Morgan fingerprint density at radius 2 is 2.04 bits per heavy atom. The van der Waals surface area contributed by atoms with Gasteiger partial charge in [0.15, 0.2) is 0 Å². The van der Waals surface area contributed by atoms with Crippen molar-refractivity contribution >= 4 is 16.7 Å². The molecule has 2 aromatic heterocycles. The first kappa shape index (κ1) is 13.0. The number of pyridine rings is 1. The van der Waals surface area contributed by atoms with E-state index in [0.717, 1.165) is 30.1 Å². The van der Waals surface area contributed by atoms with Crippen molar-refractivity contribution in [2.75, 3.05) is 11.9 Å². The molecular formula is C19H19N3O. The molecule has 3 aromatic rings. The number of anilines is 1. The van der Waals surface area contributed by atoms with Gasteiger partial charge in [-0.3, -0.25) is 0 Å². The number of hydrogen-bond donors (Lipinski definition) is 2. The Morgan fingerprint density at radius 3 is 2.96 bits per heavy atom. The summed E-state index contributed by atoms with van der Waals surface area (Å²) in [5, 5.41) is 4.91. The molecule has 0 spiro atoms. The summed E-state index contributed by atoms with van der Waals surface area (Å²) in [5.74, 6) is 1.70. The molecule has 1 atom stereocenters. The minimum Gasteiger partial charge on any atom is -0.493 e. The standard InChI is InChI=1S/C19H19N3O/c1-2-4-18-13(3-1)16(8-10-23-18)21-15-7-9-20-19-14(15)11-17(22-19)12-5-6-12/h1-4,7,9,11-12,16H,5-6,8,10H2,(H2,20,21,22). The van der Waals surface area contributed by atoms with Gasteiger partial charge in [0.25, 0.3) is 0 Å². The van der Waals surface area contributed by atoms with Crippen LogP contribution in [-0.4, -0.2) is 16.6 Å². The highest BCUT2D eigenvalue weighted by Crippen LogP contribution is 2.42. The molecule has 2 N–H and O–H groups in total. The molecule has 1 aliphatic carbocycles. The molecule has 3 heterocycles. The van der Waals surface area contributed by atoms with Crippen molar-refractivity contribution in [3.8, 4) is 5.75 Å². The molecule has 1 unspecified atom stereocenters. The van der Waals surface area contributed by atoms with E-state index < -0.39 is 0 Å². The summed E-state index contributed by atoms with van der Waals surface area (Å²) < 4.78 is 5.76. The van der Waals surface area contributed by atoms with Crippen LogP contribution < -0.4 is 10.1 Å². The Morgan fingerprint density at radius 1 is 1.13 bits per heavy atom. The number of ether oxygens (including phenoxy) is 1. The third kappa shape index (κ3) is 2.25. The Hall–Kier alpha value is -2.49. The lowest BCUT2D eigenvalue weighted by Gasteiger charge is -2.27. The molecule has 4 heteroatoms. The minimum absolute atomic E-state index is 0.282. The maximum Gasteiger partial charge on any atom is 0.139 e. The van der Waals surface area contributed by atoms with Gasteiger partial charge in [-0.15, -0.1) is 0 Å². The molecule has 1 fully saturated rings. The summed E-state index contributed by atoms with van der Waals surface area (Å²) in [6.07, 6.45) is 5.44. The second-order valence-electron chi connectivity index (χ2n) is 6.49. The fraction of sp³-hybridized carbons (Fsp3) is 0.316. The van der Waals surface area contributed by atoms with Crippen LogP contribution in [0.2, 0.25) is 0 Å². The van der Waals surface area contributed by atoms with Crippen molar-refractivity contribution in [3.05, 3.63) is 53.9 Å². The van der Waals surface area contributed by atoms with Gasteiger partial charge in [0.05, 0.1) is 12.6 Å². The summed E-state index contributed by atoms with van der Waals surface area (Å²) in [7, 11) is 0. The Kier molecular flexibility index (Phi) is 2.83. The van der Waals surface area contributed by atoms with Gasteiger partial charge in [-0.05, 0) is 37.0 Å². The third-order valence-corrected chi connectivity index (χ3v) is 4.86. The lowest BCUT2D eigenvalue weighted by Crippen LogP contribution is -2.20. The number of benzene rings is 1. The number of hydrogen-bond acceptors (Lipinski definition) is 3. The molecule has 0 amide bonds. The van der Waals surface area contributed by atoms with Gasteiger partial charge >= 0.3 is 0 Å². The van der Waals surface area contributed by atoms with Crippen LogP contribution >= 0.6 is 0 Å². The molecule has 1 saturated carbocycles. The largest absolute Gasteiger partial charge is 0.493 e. The maximum atomic E-state index is 5.76. The molecule has 23 heavy (non-hydrogen) atoms. The second kappa shape index (κ2) is 5.01. The highest BCUT2D eigenvalue weighted by molar-refractivity contribution is 5.90. The van der Waals surface area contributed by atoms with Crippen molar-refractivity contribution in [1.82, 2.24) is 9.97 Å². The molecule has 116 valence electrons. The van der Waals surface area contributed by atoms with Gasteiger partial charge in [0, 0.05) is 34.9 Å². The summed E-state index contributed by atoms with van der Waals surface area (Å²) in [4.78, 5) is 7.97. The summed E-state index contributed by atoms with van der Waals surface area (Å²) in [6, 6.07) is 12.9. The van der Waals surface area contributed by atoms with Crippen LogP contribution in [0.1, 0.15) is 42.5 Å². The Bertz CT molecular complexity index is 866. The number of H-pyrrole nitrogens is 1. The summed E-state index contributed by atoms with van der Waals surface area (Å²) in [5.41, 5.74) is 4.70. The highest BCUT2D eigenvalue weighted by Gasteiger charge is 2.26. The molecule has 5 rings (SSSR count). The average molecular weight is 305 g/mol. The molecule has 1 aliphatic heterocycles. The first-order valence-corrected chi connectivity index (χ1v) is 8.34. The van der Waals surface area contributed by atoms with Crippen LogP contribution in [-0.2, 0) is 0 Å². The van der Waals surface area contributed by atoms with Crippen molar-refractivity contribution in [3.63, 3.8) is 0 Å². The molecule has 0 saturated heterocycles. The summed E-state index contributed by atoms with van der Waals surface area (Å²) >= 11 is 0. The van der Waals surface area contributed by atoms with E-state index in [4.69, 9.17) is 4.74 Å². The zero-order valence-corrected chi connectivity index (χ0v) is 12.9. The van der Waals surface area contributed by atoms with Gasteiger partial charge in [-0.25, -0.2) is 4.98 Å². The van der Waals surface area contributed by atoms with E-state index in [1.54, 1.807) is 0 Å². The van der Waals surface area contributed by atoms with E-state index in [0.29, 0.717) is 5.92 Å². The van der Waals surface area contributed by atoms with Crippen molar-refractivity contribution in [2.45, 2.75) is 31.2 Å². The molecule has 0 radical (unpaired) electrons. The monoisotopic (exact) mass is 305 g/mol. The van der Waals surface area contributed by atoms with Gasteiger partial charge < -0.3 is 15.0 Å². The number of rotatable bonds is 3. The predicted octanol–water partition coefficient (Wildman–Crippen LogP) is 4.38. The van der Waals surface area contributed by atoms with Crippen molar-refractivity contribution < 1.29 is 4.74 Å². The second-order valence-corrected chi connectivity index (χ2v) is 6.49. The minimum atomic E-state index is 0.282. The van der Waals surface area contributed by atoms with Gasteiger partial charge in [-0.1, -0.05) is 18.2 Å². The molecule has 2 aliphatic rings. The van der Waals surface area contributed by atoms with Gasteiger partial charge in [0.1, 0.15) is 11.4 Å². The molecule has 0 bridgehead atoms. The number of aromatic nitrogens is 2. The highest BCUT2D eigenvalue weighted by atomic mass is 16.5. The Labute approximate surface area is 134 Å². The number of fused-ring (bicyclic) bond motifs is 2. The zero-order chi connectivity index (χ0) is 15.2. The number of aromatic amines is 1. The first-order chi connectivity index (χ1) is 11.4. The normalized spacial score (nSPS) is 20.1. The Balaban J connectivity index is 1.52. The van der Waals surface area contributed by atoms with E-state index in [1.165, 1.54) is 29.5 Å². The van der Waals surface area contributed by atoms with Crippen LogP contribution in [0.4, 0.5) is 5.69 Å².